The fourth-order valence-electron chi connectivity index (χ4n) is 4.90. The van der Waals surface area contributed by atoms with Gasteiger partial charge in [-0.2, -0.15) is 0 Å². The average Bonchev–Trinajstić information content (AvgIpc) is 3.21. The van der Waals surface area contributed by atoms with Crippen molar-refractivity contribution in [3.05, 3.63) is 40.9 Å². The molecule has 33 heavy (non-hydrogen) atoms. The first-order valence-electron chi connectivity index (χ1n) is 11.8. The Labute approximate surface area is 191 Å². The van der Waals surface area contributed by atoms with Crippen LogP contribution in [0.25, 0.3) is 22.1 Å². The Morgan fingerprint density at radius 3 is 2.52 bits per heavy atom. The van der Waals surface area contributed by atoms with Crippen LogP contribution in [0.2, 0.25) is 0 Å². The molecular weight excluding hydrogens is 422 g/mol. The predicted octanol–water partition coefficient (Wildman–Crippen LogP) is 2.77. The largest absolute Gasteiger partial charge is 0.448 e. The Morgan fingerprint density at radius 2 is 1.73 bits per heavy atom. The smallest absolute Gasteiger partial charge is 0.317 e. The second kappa shape index (κ2) is 9.25. The van der Waals surface area contributed by atoms with E-state index in [1.165, 1.54) is 30.2 Å². The van der Waals surface area contributed by atoms with E-state index in [-0.39, 0.29) is 35.7 Å². The van der Waals surface area contributed by atoms with Crippen LogP contribution in [0.4, 0.5) is 4.79 Å². The molecule has 0 bridgehead atoms. The van der Waals surface area contributed by atoms with Crippen LogP contribution >= 0.6 is 0 Å². The lowest BCUT2D eigenvalue weighted by atomic mass is 9.95. The summed E-state index contributed by atoms with van der Waals surface area (Å²) in [5, 5.41) is 6.93. The molecule has 1 saturated carbocycles. The van der Waals surface area contributed by atoms with E-state index in [2.05, 4.69) is 15.6 Å². The number of benzene rings is 1. The zero-order chi connectivity index (χ0) is 22.8. The summed E-state index contributed by atoms with van der Waals surface area (Å²) >= 11 is 0. The van der Waals surface area contributed by atoms with Crippen LogP contribution in [0.5, 0.6) is 0 Å². The Balaban J connectivity index is 1.15. The highest BCUT2D eigenvalue weighted by Crippen LogP contribution is 2.24. The van der Waals surface area contributed by atoms with Crippen LogP contribution in [0, 0.1) is 0 Å². The van der Waals surface area contributed by atoms with Crippen LogP contribution in [0.15, 0.2) is 39.8 Å². The van der Waals surface area contributed by atoms with Gasteiger partial charge >= 0.3 is 6.03 Å². The molecule has 0 radical (unpaired) electrons. The molecule has 0 atom stereocenters. The van der Waals surface area contributed by atoms with Gasteiger partial charge in [-0.15, -0.1) is 0 Å². The van der Waals surface area contributed by atoms with Crippen molar-refractivity contribution in [1.29, 1.82) is 0 Å². The highest BCUT2D eigenvalue weighted by Gasteiger charge is 2.26. The highest BCUT2D eigenvalue weighted by atomic mass is 16.3. The van der Waals surface area contributed by atoms with Crippen molar-refractivity contribution >= 4 is 34.0 Å². The number of para-hydroxylation sites is 1. The molecule has 3 amide bonds. The molecule has 2 aliphatic rings. The summed E-state index contributed by atoms with van der Waals surface area (Å²) in [5.41, 5.74) is 0.883. The zero-order valence-electron chi connectivity index (χ0n) is 18.6. The molecule has 1 aromatic carbocycles. The number of carbonyl (C=O) groups is 2. The van der Waals surface area contributed by atoms with E-state index < -0.39 is 0 Å². The fourth-order valence-corrected chi connectivity index (χ4v) is 4.90. The number of carbonyl (C=O) groups excluding carboxylic acids is 2. The van der Waals surface area contributed by atoms with E-state index in [0.29, 0.717) is 43.1 Å². The zero-order valence-corrected chi connectivity index (χ0v) is 18.6. The topological polar surface area (TPSA) is 109 Å². The van der Waals surface area contributed by atoms with Gasteiger partial charge in [0, 0.05) is 30.6 Å². The molecule has 5 rings (SSSR count). The summed E-state index contributed by atoms with van der Waals surface area (Å²) < 4.78 is 6.94. The summed E-state index contributed by atoms with van der Waals surface area (Å²) in [4.78, 5) is 44.1. The van der Waals surface area contributed by atoms with Gasteiger partial charge in [-0.25, -0.2) is 9.78 Å². The summed E-state index contributed by atoms with van der Waals surface area (Å²) in [7, 11) is 0. The van der Waals surface area contributed by atoms with Gasteiger partial charge in [0.05, 0.1) is 6.33 Å². The van der Waals surface area contributed by atoms with Crippen molar-refractivity contribution in [2.75, 3.05) is 13.1 Å². The van der Waals surface area contributed by atoms with E-state index in [9.17, 15) is 14.4 Å². The lowest BCUT2D eigenvalue weighted by Crippen LogP contribution is -2.52. The van der Waals surface area contributed by atoms with Crippen molar-refractivity contribution in [3.8, 4) is 0 Å². The number of urea groups is 1. The number of aromatic nitrogens is 2. The lowest BCUT2D eigenvalue weighted by Gasteiger charge is -2.34. The van der Waals surface area contributed by atoms with E-state index >= 15 is 0 Å². The third-order valence-corrected chi connectivity index (χ3v) is 6.74. The van der Waals surface area contributed by atoms with E-state index in [0.717, 1.165) is 18.2 Å². The molecule has 2 aromatic heterocycles. The minimum atomic E-state index is -0.374. The third-order valence-electron chi connectivity index (χ3n) is 6.74. The Kier molecular flexibility index (Phi) is 6.02. The predicted molar refractivity (Wildman–Crippen MR) is 124 cm³/mol. The number of piperidine rings is 1. The number of amides is 3. The number of furan rings is 1. The van der Waals surface area contributed by atoms with Crippen molar-refractivity contribution in [1.82, 2.24) is 25.1 Å². The van der Waals surface area contributed by atoms with Crippen LogP contribution in [-0.4, -0.2) is 51.6 Å². The van der Waals surface area contributed by atoms with Crippen LogP contribution in [-0.2, 0) is 11.3 Å². The molecule has 3 heterocycles. The van der Waals surface area contributed by atoms with Crippen molar-refractivity contribution in [3.63, 3.8) is 0 Å². The molecule has 1 aliphatic heterocycles. The molecule has 0 unspecified atom stereocenters. The molecule has 1 saturated heterocycles. The minimum Gasteiger partial charge on any atom is -0.448 e. The number of nitrogens with one attached hydrogen (secondary N) is 2. The molecule has 2 N–H and O–H groups in total. The van der Waals surface area contributed by atoms with Crippen LogP contribution in [0.3, 0.4) is 0 Å². The Hall–Kier alpha value is -3.36. The number of hydrogen-bond acceptors (Lipinski definition) is 5. The molecular formula is C24H29N5O4. The van der Waals surface area contributed by atoms with E-state index in [1.54, 1.807) is 6.07 Å². The van der Waals surface area contributed by atoms with Crippen molar-refractivity contribution in [2.24, 2.45) is 0 Å². The van der Waals surface area contributed by atoms with Gasteiger partial charge in [0.15, 0.2) is 0 Å². The SMILES string of the molecule is O=C(Cn1cnc2c(oc3ccccc32)c1=O)NC1CCN(C(=O)NC2CCCCC2)CC1. The maximum Gasteiger partial charge on any atom is 0.317 e. The summed E-state index contributed by atoms with van der Waals surface area (Å²) in [6.45, 7) is 1.09. The normalized spacial score (nSPS) is 18.0. The van der Waals surface area contributed by atoms with Crippen molar-refractivity contribution < 1.29 is 14.0 Å². The van der Waals surface area contributed by atoms with Gasteiger partial charge in [0.25, 0.3) is 5.56 Å². The molecule has 0 spiro atoms. The number of hydrogen-bond donors (Lipinski definition) is 2. The van der Waals surface area contributed by atoms with Gasteiger partial charge in [0.1, 0.15) is 17.6 Å². The second-order valence-corrected chi connectivity index (χ2v) is 9.07. The van der Waals surface area contributed by atoms with Gasteiger partial charge in [-0.05, 0) is 37.8 Å². The second-order valence-electron chi connectivity index (χ2n) is 9.07. The van der Waals surface area contributed by atoms with Crippen molar-refractivity contribution in [2.45, 2.75) is 63.6 Å². The first kappa shape index (κ1) is 21.5. The standard InChI is InChI=1S/C24H29N5O4/c30-20(14-29-15-25-21-18-8-4-5-9-19(18)33-22(21)23(29)31)26-17-10-12-28(13-11-17)24(32)27-16-6-2-1-3-7-16/h4-5,8-9,15-17H,1-3,6-7,10-14H2,(H,26,30)(H,27,32). The molecule has 9 heteroatoms. The molecule has 174 valence electrons. The summed E-state index contributed by atoms with van der Waals surface area (Å²) in [6.07, 6.45) is 8.52. The summed E-state index contributed by atoms with van der Waals surface area (Å²) in [5.74, 6) is -0.250. The van der Waals surface area contributed by atoms with E-state index in [4.69, 9.17) is 4.42 Å². The minimum absolute atomic E-state index is 0.00319. The van der Waals surface area contributed by atoms with Gasteiger partial charge in [0.2, 0.25) is 11.5 Å². The van der Waals surface area contributed by atoms with Gasteiger partial charge in [-0.3, -0.25) is 14.2 Å². The number of rotatable bonds is 4. The Bertz CT molecular complexity index is 1220. The third kappa shape index (κ3) is 4.58. The fraction of sp³-hybridized carbons (Fsp3) is 0.500. The number of fused-ring (bicyclic) bond motifs is 3. The Morgan fingerprint density at radius 1 is 1.00 bits per heavy atom. The first-order valence-corrected chi connectivity index (χ1v) is 11.8. The molecule has 9 nitrogen and oxygen atoms in total. The highest BCUT2D eigenvalue weighted by molar-refractivity contribution is 6.01. The monoisotopic (exact) mass is 451 g/mol. The number of nitrogens with zero attached hydrogens (tertiary/aromatic N) is 3. The average molecular weight is 452 g/mol. The van der Waals surface area contributed by atoms with Gasteiger partial charge in [-0.1, -0.05) is 31.4 Å². The van der Waals surface area contributed by atoms with E-state index in [1.807, 2.05) is 23.1 Å². The quantitative estimate of drug-likeness (QED) is 0.634. The van der Waals surface area contributed by atoms with Crippen LogP contribution in [0.1, 0.15) is 44.9 Å². The first-order chi connectivity index (χ1) is 16.1. The maximum atomic E-state index is 12.8. The van der Waals surface area contributed by atoms with Gasteiger partial charge < -0.3 is 20.0 Å². The lowest BCUT2D eigenvalue weighted by molar-refractivity contribution is -0.122. The summed E-state index contributed by atoms with van der Waals surface area (Å²) in [6, 6.07) is 7.62. The molecule has 1 aliphatic carbocycles. The molecule has 2 fully saturated rings. The molecule has 3 aromatic rings. The van der Waals surface area contributed by atoms with Crippen LogP contribution < -0.4 is 16.2 Å². The number of likely N-dealkylation sites (tertiary alicyclic amines) is 1. The maximum absolute atomic E-state index is 12.8.